The Morgan fingerprint density at radius 2 is 1.74 bits per heavy atom. The van der Waals surface area contributed by atoms with E-state index in [9.17, 15) is 13.2 Å². The molecule has 0 spiro atoms. The maximum Gasteiger partial charge on any atom is 0.164 e. The van der Waals surface area contributed by atoms with Gasteiger partial charge in [0.05, 0.1) is 6.61 Å². The van der Waals surface area contributed by atoms with E-state index in [1.54, 1.807) is 14.0 Å². The first-order valence-electron chi connectivity index (χ1n) is 12.1. The standard InChI is InChI=1S/C21H27F3O2.C4H9N.C3H8O/c1-5-8-21(20(24)12-16(22)7-3)26-17-9-10-19(23)18(13-17)15(4)14-25-11-6-2;1-3-4(2)5;1-3-4-2/h7,9-10,12-13,15H,3,5-6,8,11,14H2,1-2,4H3;5H,3H2,1-2H3;3H2,1-2H3/b16-12+,21-20-;;. The number of methoxy groups -OCH3 is 1. The van der Waals surface area contributed by atoms with Crippen molar-refractivity contribution in [2.45, 2.75) is 73.1 Å². The van der Waals surface area contributed by atoms with Crippen LogP contribution in [0.4, 0.5) is 13.2 Å². The van der Waals surface area contributed by atoms with Gasteiger partial charge in [-0.3, -0.25) is 0 Å². The van der Waals surface area contributed by atoms with E-state index < -0.39 is 11.7 Å². The summed E-state index contributed by atoms with van der Waals surface area (Å²) >= 11 is 0. The Labute approximate surface area is 210 Å². The SMILES string of the molecule is C=C/C(F)=C\C(F)=C(/CCC)Oc1ccc(F)c(C(C)COCCC)c1.CCC(C)=N.CCOC. The number of rotatable bonds is 13. The van der Waals surface area contributed by atoms with Crippen LogP contribution in [-0.2, 0) is 9.47 Å². The summed E-state index contributed by atoms with van der Waals surface area (Å²) in [5.74, 6) is -1.85. The van der Waals surface area contributed by atoms with E-state index in [1.165, 1.54) is 18.2 Å². The number of allylic oxidation sites excluding steroid dienone is 5. The minimum absolute atomic E-state index is 0.00283. The summed E-state index contributed by atoms with van der Waals surface area (Å²) in [6, 6.07) is 4.24. The fourth-order valence-electron chi connectivity index (χ4n) is 2.31. The third kappa shape index (κ3) is 17.7. The van der Waals surface area contributed by atoms with Crippen LogP contribution in [0.5, 0.6) is 5.75 Å². The minimum atomic E-state index is -0.811. The zero-order valence-electron chi connectivity index (χ0n) is 22.5. The normalized spacial score (nSPS) is 12.3. The second kappa shape index (κ2) is 22.1. The van der Waals surface area contributed by atoms with E-state index in [-0.39, 0.29) is 23.9 Å². The van der Waals surface area contributed by atoms with Crippen LogP contribution in [0.25, 0.3) is 0 Å². The first-order valence-corrected chi connectivity index (χ1v) is 12.1. The molecule has 0 aliphatic carbocycles. The van der Waals surface area contributed by atoms with Crippen molar-refractivity contribution in [1.29, 1.82) is 5.41 Å². The maximum atomic E-state index is 14.2. The van der Waals surface area contributed by atoms with Gasteiger partial charge in [-0.15, -0.1) is 0 Å². The molecule has 7 heteroatoms. The molecule has 0 heterocycles. The fourth-order valence-corrected chi connectivity index (χ4v) is 2.31. The van der Waals surface area contributed by atoms with Crippen LogP contribution in [0, 0.1) is 11.2 Å². The van der Waals surface area contributed by atoms with E-state index in [1.807, 2.05) is 34.6 Å². The Morgan fingerprint density at radius 1 is 1.14 bits per heavy atom. The van der Waals surface area contributed by atoms with Gasteiger partial charge in [-0.05, 0) is 62.9 Å². The quantitative estimate of drug-likeness (QED) is 0.128. The molecule has 1 unspecified atom stereocenters. The second-order valence-electron chi connectivity index (χ2n) is 7.73. The highest BCUT2D eigenvalue weighted by molar-refractivity contribution is 5.78. The van der Waals surface area contributed by atoms with Gasteiger partial charge in [-0.1, -0.05) is 34.3 Å². The van der Waals surface area contributed by atoms with Gasteiger partial charge < -0.3 is 19.6 Å². The van der Waals surface area contributed by atoms with Crippen molar-refractivity contribution in [3.8, 4) is 5.75 Å². The van der Waals surface area contributed by atoms with Gasteiger partial charge in [0.2, 0.25) is 0 Å². The zero-order chi connectivity index (χ0) is 27.2. The summed E-state index contributed by atoms with van der Waals surface area (Å²) in [6.45, 7) is 16.5. The summed E-state index contributed by atoms with van der Waals surface area (Å²) in [5.41, 5.74) is 1.19. The molecule has 1 aromatic rings. The van der Waals surface area contributed by atoms with Crippen LogP contribution in [0.3, 0.4) is 0 Å². The molecule has 0 radical (unpaired) electrons. The summed E-state index contributed by atoms with van der Waals surface area (Å²) in [4.78, 5) is 0. The average Bonchev–Trinajstić information content (AvgIpc) is 2.85. The summed E-state index contributed by atoms with van der Waals surface area (Å²) in [6.07, 6.45) is 4.31. The lowest BCUT2D eigenvalue weighted by Crippen LogP contribution is -2.08. The van der Waals surface area contributed by atoms with Crippen LogP contribution in [0.1, 0.15) is 78.7 Å². The molecule has 1 N–H and O–H groups in total. The van der Waals surface area contributed by atoms with Crippen molar-refractivity contribution >= 4 is 5.71 Å². The van der Waals surface area contributed by atoms with Gasteiger partial charge in [0, 0.05) is 44.4 Å². The molecule has 0 aromatic heterocycles. The smallest absolute Gasteiger partial charge is 0.164 e. The molecule has 0 bridgehead atoms. The average molecular weight is 500 g/mol. The highest BCUT2D eigenvalue weighted by atomic mass is 19.1. The van der Waals surface area contributed by atoms with E-state index in [0.717, 1.165) is 37.3 Å². The molecule has 0 aliphatic heterocycles. The fraction of sp³-hybridized carbons (Fsp3) is 0.536. The van der Waals surface area contributed by atoms with Crippen molar-refractivity contribution in [1.82, 2.24) is 0 Å². The number of hydrogen-bond acceptors (Lipinski definition) is 4. The number of halogens is 3. The molecular weight excluding hydrogens is 455 g/mol. The Balaban J connectivity index is 0. The molecule has 0 fully saturated rings. The van der Waals surface area contributed by atoms with Gasteiger partial charge in [0.1, 0.15) is 23.2 Å². The Hall–Kier alpha value is -2.38. The van der Waals surface area contributed by atoms with Crippen LogP contribution < -0.4 is 4.74 Å². The lowest BCUT2D eigenvalue weighted by atomic mass is 10.0. The second-order valence-corrected chi connectivity index (χ2v) is 7.73. The number of hydrogen-bond donors (Lipinski definition) is 1. The van der Waals surface area contributed by atoms with Crippen LogP contribution in [0.2, 0.25) is 0 Å². The predicted octanol–water partition coefficient (Wildman–Crippen LogP) is 8.84. The lowest BCUT2D eigenvalue weighted by molar-refractivity contribution is 0.123. The summed E-state index contributed by atoms with van der Waals surface area (Å²) in [5, 5.41) is 6.74. The van der Waals surface area contributed by atoms with Crippen molar-refractivity contribution in [2.24, 2.45) is 0 Å². The molecular formula is C28H44F3NO3. The number of ether oxygens (including phenoxy) is 3. The monoisotopic (exact) mass is 499 g/mol. The molecule has 0 saturated heterocycles. The Morgan fingerprint density at radius 3 is 2.20 bits per heavy atom. The van der Waals surface area contributed by atoms with Crippen molar-refractivity contribution < 1.29 is 27.4 Å². The minimum Gasteiger partial charge on any atom is -0.459 e. The van der Waals surface area contributed by atoms with Crippen LogP contribution in [0.15, 0.2) is 54.3 Å². The summed E-state index contributed by atoms with van der Waals surface area (Å²) < 4.78 is 57.2. The molecule has 0 saturated carbocycles. The number of benzene rings is 1. The molecule has 4 nitrogen and oxygen atoms in total. The van der Waals surface area contributed by atoms with Gasteiger partial charge in [0.25, 0.3) is 0 Å². The van der Waals surface area contributed by atoms with Crippen molar-refractivity contribution in [3.05, 3.63) is 65.7 Å². The first kappa shape index (κ1) is 34.8. The molecule has 1 atom stereocenters. The first-order chi connectivity index (χ1) is 16.6. The Bertz CT molecular complexity index is 790. The lowest BCUT2D eigenvalue weighted by Gasteiger charge is -2.16. The molecule has 0 aliphatic rings. The predicted molar refractivity (Wildman–Crippen MR) is 140 cm³/mol. The third-order valence-electron chi connectivity index (χ3n) is 4.48. The van der Waals surface area contributed by atoms with Gasteiger partial charge in [-0.25, -0.2) is 13.2 Å². The van der Waals surface area contributed by atoms with Crippen molar-refractivity contribution in [3.63, 3.8) is 0 Å². The van der Waals surface area contributed by atoms with E-state index in [2.05, 4.69) is 11.3 Å². The maximum absolute atomic E-state index is 14.2. The van der Waals surface area contributed by atoms with Crippen LogP contribution >= 0.6 is 0 Å². The molecule has 0 amide bonds. The molecule has 35 heavy (non-hydrogen) atoms. The van der Waals surface area contributed by atoms with Gasteiger partial charge in [-0.2, -0.15) is 0 Å². The molecule has 200 valence electrons. The van der Waals surface area contributed by atoms with Gasteiger partial charge in [0.15, 0.2) is 5.83 Å². The summed E-state index contributed by atoms with van der Waals surface area (Å²) in [7, 11) is 1.68. The highest BCUT2D eigenvalue weighted by Crippen LogP contribution is 2.28. The van der Waals surface area contributed by atoms with Crippen molar-refractivity contribution in [2.75, 3.05) is 26.9 Å². The van der Waals surface area contributed by atoms with Gasteiger partial charge >= 0.3 is 0 Å². The highest BCUT2D eigenvalue weighted by Gasteiger charge is 2.15. The topological polar surface area (TPSA) is 51.5 Å². The van der Waals surface area contributed by atoms with E-state index in [0.29, 0.717) is 30.9 Å². The third-order valence-corrected chi connectivity index (χ3v) is 4.48. The molecule has 1 rings (SSSR count). The molecule has 1 aromatic carbocycles. The largest absolute Gasteiger partial charge is 0.459 e. The Kier molecular flexibility index (Phi) is 22.0. The number of nitrogens with one attached hydrogen (secondary N) is 1. The van der Waals surface area contributed by atoms with Crippen LogP contribution in [-0.4, -0.2) is 32.6 Å². The van der Waals surface area contributed by atoms with E-state index >= 15 is 0 Å². The zero-order valence-corrected chi connectivity index (χ0v) is 22.5. The van der Waals surface area contributed by atoms with E-state index in [4.69, 9.17) is 14.9 Å².